The number of carbonyl (C=O) groups excluding carboxylic acids is 1. The monoisotopic (exact) mass is 262 g/mol. The van der Waals surface area contributed by atoms with Crippen LogP contribution >= 0.6 is 0 Å². The van der Waals surface area contributed by atoms with Gasteiger partial charge in [-0.3, -0.25) is 4.90 Å². The summed E-state index contributed by atoms with van der Waals surface area (Å²) in [4.78, 5) is 15.8. The van der Waals surface area contributed by atoms with Crippen molar-refractivity contribution >= 4 is 11.8 Å². The predicted molar refractivity (Wildman–Crippen MR) is 68.9 cm³/mol. The van der Waals surface area contributed by atoms with Crippen LogP contribution in [0.3, 0.4) is 0 Å². The molecule has 0 spiro atoms. The number of anilines is 1. The third kappa shape index (κ3) is 3.15. The quantitative estimate of drug-likeness (QED) is 0.498. The Morgan fingerprint density at radius 2 is 2.21 bits per heavy atom. The van der Waals surface area contributed by atoms with Crippen molar-refractivity contribution in [1.29, 1.82) is 0 Å². The van der Waals surface area contributed by atoms with E-state index in [1.807, 2.05) is 24.3 Å². The molecule has 7 nitrogen and oxygen atoms in total. The van der Waals surface area contributed by atoms with Crippen molar-refractivity contribution in [2.75, 3.05) is 24.6 Å². The molecular weight excluding hydrogens is 248 g/mol. The SMILES string of the molecule is [N-]=[N+]=NCCc1ccc(N2C[C@@H](CO)OC2=O)cc1. The van der Waals surface area contributed by atoms with Gasteiger partial charge in [-0.2, -0.15) is 0 Å². The lowest BCUT2D eigenvalue weighted by Gasteiger charge is -2.13. The molecule has 19 heavy (non-hydrogen) atoms. The molecule has 1 aliphatic rings. The van der Waals surface area contributed by atoms with Crippen molar-refractivity contribution in [1.82, 2.24) is 0 Å². The summed E-state index contributed by atoms with van der Waals surface area (Å²) in [5, 5.41) is 12.4. The van der Waals surface area contributed by atoms with Crippen LogP contribution in [-0.4, -0.2) is 37.0 Å². The van der Waals surface area contributed by atoms with E-state index in [9.17, 15) is 4.79 Å². The molecule has 0 aliphatic carbocycles. The second-order valence-corrected chi connectivity index (χ2v) is 4.17. The van der Waals surface area contributed by atoms with Crippen LogP contribution in [0.4, 0.5) is 10.5 Å². The Morgan fingerprint density at radius 1 is 1.47 bits per heavy atom. The summed E-state index contributed by atoms with van der Waals surface area (Å²) >= 11 is 0. The first-order valence-corrected chi connectivity index (χ1v) is 5.93. The van der Waals surface area contributed by atoms with Gasteiger partial charge in [-0.25, -0.2) is 4.79 Å². The molecule has 0 radical (unpaired) electrons. The molecule has 7 heteroatoms. The summed E-state index contributed by atoms with van der Waals surface area (Å²) in [5.74, 6) is 0. The van der Waals surface area contributed by atoms with Crippen LogP contribution in [0.5, 0.6) is 0 Å². The number of amides is 1. The number of ether oxygens (including phenoxy) is 1. The number of rotatable bonds is 5. The normalized spacial score (nSPS) is 18.1. The Morgan fingerprint density at radius 3 is 2.79 bits per heavy atom. The van der Waals surface area contributed by atoms with Gasteiger partial charge in [0.25, 0.3) is 0 Å². The highest BCUT2D eigenvalue weighted by molar-refractivity contribution is 5.89. The highest BCUT2D eigenvalue weighted by atomic mass is 16.6. The van der Waals surface area contributed by atoms with E-state index in [0.717, 1.165) is 11.3 Å². The van der Waals surface area contributed by atoms with Crippen LogP contribution in [0.25, 0.3) is 10.4 Å². The van der Waals surface area contributed by atoms with E-state index in [1.165, 1.54) is 4.90 Å². The van der Waals surface area contributed by atoms with Gasteiger partial charge in [0, 0.05) is 17.1 Å². The van der Waals surface area contributed by atoms with Gasteiger partial charge in [0.15, 0.2) is 0 Å². The maximum absolute atomic E-state index is 11.6. The summed E-state index contributed by atoms with van der Waals surface area (Å²) in [6, 6.07) is 7.38. The molecule has 1 aliphatic heterocycles. The molecule has 0 unspecified atom stereocenters. The first-order valence-electron chi connectivity index (χ1n) is 5.93. The number of carbonyl (C=O) groups is 1. The van der Waals surface area contributed by atoms with E-state index in [4.69, 9.17) is 15.4 Å². The standard InChI is InChI=1S/C12H14N4O3/c13-15-14-6-5-9-1-3-10(4-2-9)16-7-11(8-17)19-12(16)18/h1-4,11,17H,5-8H2/t11-/m0/s1. The molecule has 2 rings (SSSR count). The Balaban J connectivity index is 2.02. The Bertz CT molecular complexity index is 496. The van der Waals surface area contributed by atoms with Crippen molar-refractivity contribution in [3.8, 4) is 0 Å². The summed E-state index contributed by atoms with van der Waals surface area (Å²) in [6.07, 6.45) is -0.244. The van der Waals surface area contributed by atoms with Crippen molar-refractivity contribution < 1.29 is 14.6 Å². The zero-order valence-electron chi connectivity index (χ0n) is 10.3. The van der Waals surface area contributed by atoms with E-state index < -0.39 is 12.2 Å². The minimum absolute atomic E-state index is 0.174. The minimum atomic E-state index is -0.461. The zero-order valence-corrected chi connectivity index (χ0v) is 10.3. The Hall–Kier alpha value is -2.24. The van der Waals surface area contributed by atoms with E-state index >= 15 is 0 Å². The fourth-order valence-electron chi connectivity index (χ4n) is 1.89. The molecular formula is C12H14N4O3. The number of nitrogens with zero attached hydrogens (tertiary/aromatic N) is 4. The van der Waals surface area contributed by atoms with Crippen LogP contribution < -0.4 is 4.90 Å². The lowest BCUT2D eigenvalue weighted by molar-refractivity contribution is 0.0963. The van der Waals surface area contributed by atoms with Gasteiger partial charge < -0.3 is 9.84 Å². The number of hydrogen-bond donors (Lipinski definition) is 1. The number of aliphatic hydroxyl groups is 1. The topological polar surface area (TPSA) is 98.5 Å². The van der Waals surface area contributed by atoms with E-state index in [1.54, 1.807) is 0 Å². The van der Waals surface area contributed by atoms with Crippen LogP contribution in [0.1, 0.15) is 5.56 Å². The molecule has 100 valence electrons. The molecule has 1 saturated heterocycles. The van der Waals surface area contributed by atoms with Gasteiger partial charge in [0.05, 0.1) is 13.2 Å². The fraction of sp³-hybridized carbons (Fsp3) is 0.417. The number of benzene rings is 1. The van der Waals surface area contributed by atoms with Gasteiger partial charge in [-0.15, -0.1) is 0 Å². The largest absolute Gasteiger partial charge is 0.441 e. The number of azide groups is 1. The average molecular weight is 262 g/mol. The average Bonchev–Trinajstić information content (AvgIpc) is 2.81. The highest BCUT2D eigenvalue weighted by Gasteiger charge is 2.31. The van der Waals surface area contributed by atoms with E-state index in [0.29, 0.717) is 19.5 Å². The summed E-state index contributed by atoms with van der Waals surface area (Å²) in [6.45, 7) is 0.591. The third-order valence-corrected chi connectivity index (χ3v) is 2.89. The van der Waals surface area contributed by atoms with Crippen LogP contribution in [0, 0.1) is 0 Å². The summed E-state index contributed by atoms with van der Waals surface area (Å²) in [5.41, 5.74) is 9.95. The molecule has 0 aromatic heterocycles. The van der Waals surface area contributed by atoms with Gasteiger partial charge in [0.2, 0.25) is 0 Å². The molecule has 1 amide bonds. The summed E-state index contributed by atoms with van der Waals surface area (Å²) < 4.78 is 4.97. The van der Waals surface area contributed by atoms with Crippen molar-refractivity contribution in [2.24, 2.45) is 5.11 Å². The number of cyclic esters (lactones) is 1. The van der Waals surface area contributed by atoms with Gasteiger partial charge in [0.1, 0.15) is 6.10 Å². The molecule has 1 fully saturated rings. The smallest absolute Gasteiger partial charge is 0.414 e. The van der Waals surface area contributed by atoms with E-state index in [-0.39, 0.29) is 6.61 Å². The highest BCUT2D eigenvalue weighted by Crippen LogP contribution is 2.22. The lowest BCUT2D eigenvalue weighted by Crippen LogP contribution is -2.25. The molecule has 1 heterocycles. The third-order valence-electron chi connectivity index (χ3n) is 2.89. The molecule has 1 N–H and O–H groups in total. The summed E-state index contributed by atoms with van der Waals surface area (Å²) in [7, 11) is 0. The second-order valence-electron chi connectivity index (χ2n) is 4.17. The van der Waals surface area contributed by atoms with Crippen LogP contribution in [0.2, 0.25) is 0 Å². The zero-order chi connectivity index (χ0) is 13.7. The number of aliphatic hydroxyl groups excluding tert-OH is 1. The maximum Gasteiger partial charge on any atom is 0.414 e. The molecule has 1 aromatic rings. The predicted octanol–water partition coefficient (Wildman–Crippen LogP) is 1.86. The lowest BCUT2D eigenvalue weighted by atomic mass is 10.1. The van der Waals surface area contributed by atoms with Crippen molar-refractivity contribution in [3.63, 3.8) is 0 Å². The Kier molecular flexibility index (Phi) is 4.22. The van der Waals surface area contributed by atoms with Crippen molar-refractivity contribution in [2.45, 2.75) is 12.5 Å². The van der Waals surface area contributed by atoms with Crippen LogP contribution in [0.15, 0.2) is 29.4 Å². The Labute approximate surface area is 110 Å². The fourth-order valence-corrected chi connectivity index (χ4v) is 1.89. The maximum atomic E-state index is 11.6. The van der Waals surface area contributed by atoms with Crippen LogP contribution in [-0.2, 0) is 11.2 Å². The molecule has 0 saturated carbocycles. The first-order chi connectivity index (χ1) is 9.24. The molecule has 1 atom stereocenters. The van der Waals surface area contributed by atoms with E-state index in [2.05, 4.69) is 10.0 Å². The minimum Gasteiger partial charge on any atom is -0.441 e. The number of hydrogen-bond acceptors (Lipinski definition) is 4. The second kappa shape index (κ2) is 6.08. The van der Waals surface area contributed by atoms with Gasteiger partial charge >= 0.3 is 6.09 Å². The van der Waals surface area contributed by atoms with Crippen molar-refractivity contribution in [3.05, 3.63) is 40.3 Å². The van der Waals surface area contributed by atoms with Gasteiger partial charge in [-0.05, 0) is 29.6 Å². The van der Waals surface area contributed by atoms with Gasteiger partial charge in [-0.1, -0.05) is 17.2 Å². The first kappa shape index (κ1) is 13.2. The molecule has 0 bridgehead atoms. The molecule has 1 aromatic carbocycles.